The first-order valence-corrected chi connectivity index (χ1v) is 7.53. The summed E-state index contributed by atoms with van der Waals surface area (Å²) in [6.07, 6.45) is -0.935. The van der Waals surface area contributed by atoms with Gasteiger partial charge in [-0.25, -0.2) is 0 Å². The second-order valence-electron chi connectivity index (χ2n) is 5.73. The summed E-state index contributed by atoms with van der Waals surface area (Å²) in [6.45, 7) is 5.33. The molecular weight excluding hydrogens is 316 g/mol. The van der Waals surface area contributed by atoms with Gasteiger partial charge in [-0.15, -0.1) is 15.0 Å². The lowest BCUT2D eigenvalue weighted by Crippen LogP contribution is -2.38. The minimum atomic E-state index is -0.935. The maximum atomic E-state index is 10.8. The first-order valence-electron chi connectivity index (χ1n) is 7.53. The molecule has 1 unspecified atom stereocenters. The van der Waals surface area contributed by atoms with Crippen LogP contribution in [0.4, 0.5) is 0 Å². The summed E-state index contributed by atoms with van der Waals surface area (Å²) in [5, 5.41) is 14.7. The number of hydrogen-bond acceptors (Lipinski definition) is 6. The fourth-order valence-electron chi connectivity index (χ4n) is 2.36. The zero-order valence-corrected chi connectivity index (χ0v) is 13.8. The Morgan fingerprint density at radius 1 is 1.42 bits per heavy atom. The zero-order chi connectivity index (χ0) is 17.7. The van der Waals surface area contributed by atoms with Gasteiger partial charge in [0.25, 0.3) is 5.09 Å². The van der Waals surface area contributed by atoms with Crippen molar-refractivity contribution in [3.63, 3.8) is 0 Å². The summed E-state index contributed by atoms with van der Waals surface area (Å²) in [7, 11) is 0. The number of nitroso groups, excluding NO2 is 1. The minimum absolute atomic E-state index is 0.0374. The number of fused-ring (bicyclic) bond motifs is 1. The van der Waals surface area contributed by atoms with E-state index in [0.29, 0.717) is 5.75 Å². The number of aromatic amines is 1. The predicted octanol–water partition coefficient (Wildman–Crippen LogP) is 2.82. The average molecular weight is 336 g/mol. The summed E-state index contributed by atoms with van der Waals surface area (Å²) < 4.78 is 5.70. The lowest BCUT2D eigenvalue weighted by atomic mass is 10.2. The molecule has 0 radical (unpaired) electrons. The van der Waals surface area contributed by atoms with E-state index in [1.807, 2.05) is 25.1 Å². The van der Waals surface area contributed by atoms with Crippen LogP contribution in [0, 0.1) is 21.9 Å². The summed E-state index contributed by atoms with van der Waals surface area (Å²) in [5.41, 5.74) is 1.89. The van der Waals surface area contributed by atoms with E-state index in [-0.39, 0.29) is 19.2 Å². The Kier molecular flexibility index (Phi) is 5.56. The van der Waals surface area contributed by atoms with Crippen LogP contribution in [0.25, 0.3) is 10.9 Å². The number of ether oxygens (including phenoxy) is 1. The van der Waals surface area contributed by atoms with Gasteiger partial charge in [0, 0.05) is 22.6 Å². The lowest BCUT2D eigenvalue weighted by molar-refractivity contribution is -0.768. The van der Waals surface area contributed by atoms with E-state index in [1.165, 1.54) is 5.01 Å². The van der Waals surface area contributed by atoms with Crippen molar-refractivity contribution in [2.24, 2.45) is 5.29 Å². The summed E-state index contributed by atoms with van der Waals surface area (Å²) in [5.74, 6) is 0.587. The molecule has 2 aromatic rings. The summed E-state index contributed by atoms with van der Waals surface area (Å²) in [6, 6.07) is 7.25. The van der Waals surface area contributed by atoms with Crippen molar-refractivity contribution < 1.29 is 14.7 Å². The Morgan fingerprint density at radius 2 is 2.17 bits per heavy atom. The van der Waals surface area contributed by atoms with Crippen LogP contribution in [-0.2, 0) is 4.84 Å². The van der Waals surface area contributed by atoms with Crippen LogP contribution in [0.5, 0.6) is 5.75 Å². The molecule has 9 heteroatoms. The van der Waals surface area contributed by atoms with Crippen molar-refractivity contribution in [2.75, 3.05) is 13.2 Å². The van der Waals surface area contributed by atoms with Gasteiger partial charge in [-0.1, -0.05) is 6.07 Å². The van der Waals surface area contributed by atoms with Gasteiger partial charge in [0.1, 0.15) is 12.4 Å². The molecule has 0 spiro atoms. The molecule has 0 bridgehead atoms. The second-order valence-corrected chi connectivity index (χ2v) is 5.73. The molecule has 24 heavy (non-hydrogen) atoms. The molecule has 0 saturated heterocycles. The van der Waals surface area contributed by atoms with Gasteiger partial charge in [-0.3, -0.25) is 5.01 Å². The fraction of sp³-hybridized carbons (Fsp3) is 0.467. The molecule has 0 amide bonds. The number of rotatable bonds is 9. The van der Waals surface area contributed by atoms with Gasteiger partial charge in [-0.2, -0.15) is 0 Å². The van der Waals surface area contributed by atoms with Crippen molar-refractivity contribution in [1.82, 2.24) is 9.99 Å². The summed E-state index contributed by atoms with van der Waals surface area (Å²) in [4.78, 5) is 29.3. The van der Waals surface area contributed by atoms with Crippen molar-refractivity contribution in [2.45, 2.75) is 32.9 Å². The molecule has 0 aliphatic heterocycles. The van der Waals surface area contributed by atoms with Crippen LogP contribution in [0.1, 0.15) is 19.5 Å². The SMILES string of the molecule is Cc1cc2c(OCC(CN(N=O)C(C)C)O[N+](=O)[O-])cccc2[nH]1. The molecule has 1 aromatic carbocycles. The van der Waals surface area contributed by atoms with Gasteiger partial charge < -0.3 is 14.6 Å². The van der Waals surface area contributed by atoms with E-state index in [4.69, 9.17) is 4.74 Å². The fourth-order valence-corrected chi connectivity index (χ4v) is 2.36. The first kappa shape index (κ1) is 17.5. The highest BCUT2D eigenvalue weighted by atomic mass is 17.0. The molecule has 1 aromatic heterocycles. The summed E-state index contributed by atoms with van der Waals surface area (Å²) >= 11 is 0. The molecule has 0 fully saturated rings. The third-order valence-corrected chi connectivity index (χ3v) is 3.51. The van der Waals surface area contributed by atoms with Crippen LogP contribution in [-0.4, -0.2) is 40.4 Å². The van der Waals surface area contributed by atoms with Gasteiger partial charge in [0.15, 0.2) is 6.10 Å². The van der Waals surface area contributed by atoms with Crippen LogP contribution in [0.2, 0.25) is 0 Å². The number of aryl methyl sites for hydroxylation is 1. The number of nitrogens with one attached hydrogen (secondary N) is 1. The van der Waals surface area contributed by atoms with E-state index >= 15 is 0 Å². The molecule has 130 valence electrons. The van der Waals surface area contributed by atoms with E-state index in [2.05, 4.69) is 15.1 Å². The van der Waals surface area contributed by atoms with Crippen molar-refractivity contribution in [1.29, 1.82) is 0 Å². The standard InChI is InChI=1S/C15H20N4O5/c1-10(2)18(17-20)8-12(24-19(21)22)9-23-15-6-4-5-14-13(15)7-11(3)16-14/h4-7,10,12,16H,8-9H2,1-3H3. The molecule has 2 rings (SSSR count). The maximum absolute atomic E-state index is 10.8. The van der Waals surface area contributed by atoms with Gasteiger partial charge in [0.2, 0.25) is 0 Å². The van der Waals surface area contributed by atoms with Crippen LogP contribution >= 0.6 is 0 Å². The topological polar surface area (TPSA) is 110 Å². The minimum Gasteiger partial charge on any atom is -0.490 e. The number of benzene rings is 1. The van der Waals surface area contributed by atoms with Crippen molar-refractivity contribution in [3.8, 4) is 5.75 Å². The van der Waals surface area contributed by atoms with Crippen molar-refractivity contribution >= 4 is 10.9 Å². The molecular formula is C15H20N4O5. The normalized spacial score (nSPS) is 12.2. The zero-order valence-electron chi connectivity index (χ0n) is 13.8. The first-order chi connectivity index (χ1) is 11.4. The van der Waals surface area contributed by atoms with Gasteiger partial charge in [-0.05, 0) is 39.0 Å². The van der Waals surface area contributed by atoms with Crippen LogP contribution in [0.3, 0.4) is 0 Å². The maximum Gasteiger partial charge on any atom is 0.294 e. The van der Waals surface area contributed by atoms with E-state index in [1.54, 1.807) is 19.9 Å². The second kappa shape index (κ2) is 7.62. The number of hydrogen-bond donors (Lipinski definition) is 1. The molecule has 1 N–H and O–H groups in total. The van der Waals surface area contributed by atoms with Crippen LogP contribution in [0.15, 0.2) is 29.6 Å². The van der Waals surface area contributed by atoms with Crippen molar-refractivity contribution in [3.05, 3.63) is 45.0 Å². The molecule has 1 heterocycles. The Morgan fingerprint density at radius 3 is 2.79 bits per heavy atom. The van der Waals surface area contributed by atoms with E-state index in [0.717, 1.165) is 16.6 Å². The van der Waals surface area contributed by atoms with Gasteiger partial charge >= 0.3 is 0 Å². The number of H-pyrrole nitrogens is 1. The average Bonchev–Trinajstić information content (AvgIpc) is 2.89. The monoisotopic (exact) mass is 336 g/mol. The van der Waals surface area contributed by atoms with Gasteiger partial charge in [0.05, 0.1) is 11.8 Å². The largest absolute Gasteiger partial charge is 0.490 e. The van der Waals surface area contributed by atoms with E-state index in [9.17, 15) is 15.0 Å². The molecule has 0 aliphatic rings. The number of aromatic nitrogens is 1. The quantitative estimate of drug-likeness (QED) is 0.428. The highest BCUT2D eigenvalue weighted by molar-refractivity contribution is 5.86. The molecule has 1 atom stereocenters. The molecule has 0 saturated carbocycles. The smallest absolute Gasteiger partial charge is 0.294 e. The highest BCUT2D eigenvalue weighted by Crippen LogP contribution is 2.26. The molecule has 0 aliphatic carbocycles. The lowest BCUT2D eigenvalue weighted by Gasteiger charge is -2.24. The molecule has 9 nitrogen and oxygen atoms in total. The number of nitrogens with zero attached hydrogens (tertiary/aromatic N) is 3. The Labute approximate surface area is 138 Å². The highest BCUT2D eigenvalue weighted by Gasteiger charge is 2.21. The predicted molar refractivity (Wildman–Crippen MR) is 88.0 cm³/mol. The van der Waals surface area contributed by atoms with E-state index < -0.39 is 11.2 Å². The third-order valence-electron chi connectivity index (χ3n) is 3.51. The Balaban J connectivity index is 2.11. The Bertz CT molecular complexity index is 715. The van der Waals surface area contributed by atoms with Crippen LogP contribution < -0.4 is 4.74 Å². The third kappa shape index (κ3) is 4.34. The Hall–Kier alpha value is -2.84.